The van der Waals surface area contributed by atoms with Gasteiger partial charge in [-0.25, -0.2) is 0 Å². The number of ketones is 1. The number of fused-ring (bicyclic) bond motifs is 1. The molecule has 0 aliphatic carbocycles. The molecule has 0 aliphatic heterocycles. The normalized spacial score (nSPS) is 10.6. The summed E-state index contributed by atoms with van der Waals surface area (Å²) in [5.74, 6) is -0.506. The molecule has 0 amide bonds. The molecule has 0 fully saturated rings. The van der Waals surface area contributed by atoms with Gasteiger partial charge in [0.1, 0.15) is 12.3 Å². The fourth-order valence-corrected chi connectivity index (χ4v) is 1.30. The van der Waals surface area contributed by atoms with Gasteiger partial charge in [-0.1, -0.05) is 6.07 Å². The first kappa shape index (κ1) is 8.71. The Morgan fingerprint density at radius 1 is 1.50 bits per heavy atom. The summed E-state index contributed by atoms with van der Waals surface area (Å²) >= 11 is 0. The van der Waals surface area contributed by atoms with E-state index in [-0.39, 0.29) is 11.7 Å². The highest BCUT2D eigenvalue weighted by Gasteiger charge is 2.15. The molecule has 2 heterocycles. The average Bonchev–Trinajstić information content (AvgIpc) is 2.56. The van der Waals surface area contributed by atoms with Gasteiger partial charge < -0.3 is 10.2 Å². The van der Waals surface area contributed by atoms with E-state index in [1.165, 1.54) is 4.40 Å². The number of hydrogen-bond acceptors (Lipinski definition) is 4. The Morgan fingerprint density at radius 3 is 3.00 bits per heavy atom. The molecule has 2 aromatic rings. The predicted molar refractivity (Wildman–Crippen MR) is 48.3 cm³/mol. The molecule has 0 unspecified atom stereocenters. The predicted octanol–water partition coefficient (Wildman–Crippen LogP) is 0.215. The summed E-state index contributed by atoms with van der Waals surface area (Å²) in [4.78, 5) is 14.9. The van der Waals surface area contributed by atoms with Crippen molar-refractivity contribution in [2.45, 2.75) is 0 Å². The number of carbonyl (C=O) groups excluding carboxylic acids is 1. The second-order valence-electron chi connectivity index (χ2n) is 2.80. The van der Waals surface area contributed by atoms with E-state index < -0.39 is 12.4 Å². The number of pyridine rings is 1. The van der Waals surface area contributed by atoms with Gasteiger partial charge in [-0.3, -0.25) is 9.20 Å². The van der Waals surface area contributed by atoms with Crippen molar-refractivity contribution in [3.63, 3.8) is 0 Å². The van der Waals surface area contributed by atoms with Crippen molar-refractivity contribution in [3.8, 4) is 6.01 Å². The Balaban J connectivity index is 2.72. The van der Waals surface area contributed by atoms with Crippen LogP contribution in [0.3, 0.4) is 0 Å². The Morgan fingerprint density at radius 2 is 2.29 bits per heavy atom. The largest absolute Gasteiger partial charge is 0.480 e. The number of aliphatic hydroxyl groups excluding tert-OH is 1. The van der Waals surface area contributed by atoms with Crippen molar-refractivity contribution in [3.05, 3.63) is 30.1 Å². The van der Waals surface area contributed by atoms with Gasteiger partial charge in [0.15, 0.2) is 0 Å². The van der Waals surface area contributed by atoms with Crippen LogP contribution in [-0.2, 0) is 0 Å². The SMILES string of the molecule is O=C(CO)c1nc(O)n2ccccc12. The van der Waals surface area contributed by atoms with Gasteiger partial charge in [0, 0.05) is 6.20 Å². The lowest BCUT2D eigenvalue weighted by Crippen LogP contribution is -2.05. The first-order chi connectivity index (χ1) is 6.74. The quantitative estimate of drug-likeness (QED) is 0.667. The lowest BCUT2D eigenvalue weighted by atomic mass is 10.2. The standard InChI is InChI=1S/C9H8N2O3/c12-5-7(13)8-6-3-1-2-4-11(6)9(14)10-8/h1-4,12H,5H2,(H,10,14). The van der Waals surface area contributed by atoms with Crippen LogP contribution in [0.25, 0.3) is 5.52 Å². The molecule has 72 valence electrons. The van der Waals surface area contributed by atoms with Crippen LogP contribution >= 0.6 is 0 Å². The van der Waals surface area contributed by atoms with Crippen molar-refractivity contribution in [2.24, 2.45) is 0 Å². The number of rotatable bonds is 2. The Hall–Kier alpha value is -1.88. The fourth-order valence-electron chi connectivity index (χ4n) is 1.30. The highest BCUT2D eigenvalue weighted by Crippen LogP contribution is 2.17. The molecule has 0 bridgehead atoms. The Labute approximate surface area is 79.2 Å². The van der Waals surface area contributed by atoms with E-state index >= 15 is 0 Å². The van der Waals surface area contributed by atoms with Crippen LogP contribution in [0, 0.1) is 0 Å². The van der Waals surface area contributed by atoms with Crippen LogP contribution in [0.2, 0.25) is 0 Å². The van der Waals surface area contributed by atoms with E-state index in [1.807, 2.05) is 0 Å². The molecule has 0 radical (unpaired) electrons. The third-order valence-corrected chi connectivity index (χ3v) is 1.94. The topological polar surface area (TPSA) is 74.8 Å². The highest BCUT2D eigenvalue weighted by molar-refractivity contribution is 6.01. The molecule has 14 heavy (non-hydrogen) atoms. The third kappa shape index (κ3) is 1.14. The van der Waals surface area contributed by atoms with Gasteiger partial charge in [-0.05, 0) is 12.1 Å². The van der Waals surface area contributed by atoms with Gasteiger partial charge in [0.25, 0.3) is 6.01 Å². The van der Waals surface area contributed by atoms with Gasteiger partial charge in [-0.2, -0.15) is 4.98 Å². The van der Waals surface area contributed by atoms with Gasteiger partial charge in [0.2, 0.25) is 5.78 Å². The van der Waals surface area contributed by atoms with E-state index in [2.05, 4.69) is 4.98 Å². The van der Waals surface area contributed by atoms with E-state index in [9.17, 15) is 9.90 Å². The minimum atomic E-state index is -0.610. The van der Waals surface area contributed by atoms with Crippen LogP contribution in [-0.4, -0.2) is 32.0 Å². The van der Waals surface area contributed by atoms with Crippen LogP contribution in [0.4, 0.5) is 0 Å². The number of Topliss-reactive ketones (excluding diaryl/α,β-unsaturated/α-hetero) is 1. The number of aliphatic hydroxyl groups is 1. The lowest BCUT2D eigenvalue weighted by Gasteiger charge is -1.93. The van der Waals surface area contributed by atoms with Crippen LogP contribution in [0.15, 0.2) is 24.4 Å². The van der Waals surface area contributed by atoms with Crippen molar-refractivity contribution < 1.29 is 15.0 Å². The van der Waals surface area contributed by atoms with Gasteiger partial charge in [0.05, 0.1) is 5.52 Å². The van der Waals surface area contributed by atoms with E-state index in [0.29, 0.717) is 5.52 Å². The van der Waals surface area contributed by atoms with E-state index in [0.717, 1.165) is 0 Å². The zero-order chi connectivity index (χ0) is 10.1. The van der Waals surface area contributed by atoms with Crippen LogP contribution in [0.1, 0.15) is 10.5 Å². The van der Waals surface area contributed by atoms with Crippen molar-refractivity contribution in [2.75, 3.05) is 6.61 Å². The number of nitrogens with zero attached hydrogens (tertiary/aromatic N) is 2. The summed E-state index contributed by atoms with van der Waals surface area (Å²) in [6.45, 7) is -0.610. The maximum absolute atomic E-state index is 11.2. The molecule has 0 saturated carbocycles. The molecule has 0 spiro atoms. The van der Waals surface area contributed by atoms with Gasteiger partial charge >= 0.3 is 0 Å². The molecule has 2 rings (SSSR count). The summed E-state index contributed by atoms with van der Waals surface area (Å²) in [5.41, 5.74) is 0.578. The summed E-state index contributed by atoms with van der Waals surface area (Å²) in [5, 5.41) is 18.0. The first-order valence-electron chi connectivity index (χ1n) is 4.04. The first-order valence-corrected chi connectivity index (χ1v) is 4.04. The molecule has 5 heteroatoms. The molecular formula is C9H8N2O3. The smallest absolute Gasteiger partial charge is 0.299 e. The molecule has 0 saturated heterocycles. The minimum Gasteiger partial charge on any atom is -0.480 e. The maximum Gasteiger partial charge on any atom is 0.299 e. The fraction of sp³-hybridized carbons (Fsp3) is 0.111. The van der Waals surface area contributed by atoms with E-state index in [1.54, 1.807) is 24.4 Å². The molecule has 0 atom stereocenters. The number of aromatic nitrogens is 2. The third-order valence-electron chi connectivity index (χ3n) is 1.94. The van der Waals surface area contributed by atoms with Crippen molar-refractivity contribution in [1.29, 1.82) is 0 Å². The average molecular weight is 192 g/mol. The van der Waals surface area contributed by atoms with Crippen LogP contribution in [0.5, 0.6) is 6.01 Å². The summed E-state index contributed by atoms with van der Waals surface area (Å²) in [6.07, 6.45) is 1.59. The molecular weight excluding hydrogens is 184 g/mol. The van der Waals surface area contributed by atoms with Crippen LogP contribution < -0.4 is 0 Å². The zero-order valence-corrected chi connectivity index (χ0v) is 7.21. The monoisotopic (exact) mass is 192 g/mol. The summed E-state index contributed by atoms with van der Waals surface area (Å²) in [7, 11) is 0. The lowest BCUT2D eigenvalue weighted by molar-refractivity contribution is 0.0900. The second-order valence-corrected chi connectivity index (χ2v) is 2.80. The number of aromatic hydroxyl groups is 1. The van der Waals surface area contributed by atoms with E-state index in [4.69, 9.17) is 5.11 Å². The minimum absolute atomic E-state index is 0.0885. The molecule has 2 aromatic heterocycles. The molecule has 0 aromatic carbocycles. The zero-order valence-electron chi connectivity index (χ0n) is 7.21. The molecule has 2 N–H and O–H groups in total. The number of hydrogen-bond donors (Lipinski definition) is 2. The highest BCUT2D eigenvalue weighted by atomic mass is 16.3. The Kier molecular flexibility index (Phi) is 1.94. The molecule has 5 nitrogen and oxygen atoms in total. The summed E-state index contributed by atoms with van der Waals surface area (Å²) in [6, 6.07) is 4.83. The molecule has 0 aliphatic rings. The maximum atomic E-state index is 11.2. The van der Waals surface area contributed by atoms with Crippen molar-refractivity contribution >= 4 is 11.3 Å². The Bertz CT molecular complexity index is 490. The van der Waals surface area contributed by atoms with Gasteiger partial charge in [-0.15, -0.1) is 0 Å². The second kappa shape index (κ2) is 3.12. The number of imidazole rings is 1. The summed E-state index contributed by atoms with van der Waals surface area (Å²) < 4.78 is 1.38. The van der Waals surface area contributed by atoms with Crippen molar-refractivity contribution in [1.82, 2.24) is 9.38 Å². The number of carbonyl (C=O) groups is 1.